The van der Waals surface area contributed by atoms with Crippen molar-refractivity contribution in [2.45, 2.75) is 0 Å². The van der Waals surface area contributed by atoms with E-state index in [1.54, 1.807) is 36.4 Å². The van der Waals surface area contributed by atoms with Crippen molar-refractivity contribution >= 4 is 34.0 Å². The molecule has 2 N–H and O–H groups in total. The molecular formula is C19H20BrN3O5. The number of halogens is 1. The Kier molecular flexibility index (Phi) is 7.82. The van der Waals surface area contributed by atoms with Gasteiger partial charge in [-0.3, -0.25) is 9.59 Å². The Balaban J connectivity index is 1.94. The van der Waals surface area contributed by atoms with Crippen molar-refractivity contribution in [2.75, 3.05) is 27.9 Å². The molecule has 0 aliphatic heterocycles. The maximum Gasteiger partial charge on any atom is 0.259 e. The van der Waals surface area contributed by atoms with E-state index >= 15 is 0 Å². The number of hydrogen-bond donors (Lipinski definition) is 2. The molecule has 0 aromatic heterocycles. The highest BCUT2D eigenvalue weighted by molar-refractivity contribution is 9.10. The zero-order valence-corrected chi connectivity index (χ0v) is 17.2. The summed E-state index contributed by atoms with van der Waals surface area (Å²) >= 11 is 3.29. The highest BCUT2D eigenvalue weighted by Crippen LogP contribution is 2.37. The van der Waals surface area contributed by atoms with Crippen molar-refractivity contribution in [3.63, 3.8) is 0 Å². The van der Waals surface area contributed by atoms with Crippen LogP contribution in [0.1, 0.15) is 15.9 Å². The Bertz CT molecular complexity index is 861. The van der Waals surface area contributed by atoms with Crippen LogP contribution in [0, 0.1) is 0 Å². The molecule has 0 heterocycles. The van der Waals surface area contributed by atoms with Crippen LogP contribution in [-0.2, 0) is 4.79 Å². The number of benzene rings is 2. The van der Waals surface area contributed by atoms with Gasteiger partial charge in [-0.05, 0) is 40.2 Å². The van der Waals surface area contributed by atoms with E-state index in [1.807, 2.05) is 0 Å². The standard InChI is InChI=1S/C19H20BrN3O5/c1-26-15-8-12(9-16(27-2)18(15)28-3)10-22-23-17(24)11-21-19(25)13-6-4-5-7-14(13)20/h4-10H,11H2,1-3H3,(H,21,25)(H,23,24)/b22-10+. The summed E-state index contributed by atoms with van der Waals surface area (Å²) < 4.78 is 16.4. The first-order chi connectivity index (χ1) is 13.5. The van der Waals surface area contributed by atoms with Gasteiger partial charge in [-0.25, -0.2) is 5.43 Å². The molecule has 0 spiro atoms. The van der Waals surface area contributed by atoms with Crippen molar-refractivity contribution in [1.29, 1.82) is 0 Å². The zero-order valence-electron chi connectivity index (χ0n) is 15.6. The van der Waals surface area contributed by atoms with Gasteiger partial charge in [0.25, 0.3) is 11.8 Å². The van der Waals surface area contributed by atoms with E-state index in [0.29, 0.717) is 32.8 Å². The molecule has 0 fully saturated rings. The van der Waals surface area contributed by atoms with Crippen molar-refractivity contribution in [1.82, 2.24) is 10.7 Å². The molecule has 0 saturated carbocycles. The molecule has 2 aromatic carbocycles. The van der Waals surface area contributed by atoms with E-state index in [4.69, 9.17) is 14.2 Å². The minimum Gasteiger partial charge on any atom is -0.493 e. The van der Waals surface area contributed by atoms with E-state index in [0.717, 1.165) is 0 Å². The minimum absolute atomic E-state index is 0.216. The van der Waals surface area contributed by atoms with Crippen molar-refractivity contribution in [3.05, 3.63) is 52.0 Å². The SMILES string of the molecule is COc1cc(/C=N/NC(=O)CNC(=O)c2ccccc2Br)cc(OC)c1OC. The number of nitrogens with zero attached hydrogens (tertiary/aromatic N) is 1. The molecule has 0 radical (unpaired) electrons. The number of carbonyl (C=O) groups is 2. The maximum atomic E-state index is 12.1. The van der Waals surface area contributed by atoms with E-state index in [-0.39, 0.29) is 12.5 Å². The molecule has 148 valence electrons. The van der Waals surface area contributed by atoms with E-state index in [9.17, 15) is 9.59 Å². The largest absolute Gasteiger partial charge is 0.493 e. The summed E-state index contributed by atoms with van der Waals surface area (Å²) in [6, 6.07) is 10.3. The number of carbonyl (C=O) groups excluding carboxylic acids is 2. The summed E-state index contributed by atoms with van der Waals surface area (Å²) in [6.45, 7) is -0.216. The van der Waals surface area contributed by atoms with Crippen LogP contribution in [0.4, 0.5) is 0 Å². The predicted octanol–water partition coefficient (Wildman–Crippen LogP) is 2.35. The second-order valence-corrected chi connectivity index (χ2v) is 6.27. The molecule has 0 unspecified atom stereocenters. The summed E-state index contributed by atoms with van der Waals surface area (Å²) in [4.78, 5) is 23.9. The molecule has 2 amide bonds. The summed E-state index contributed by atoms with van der Waals surface area (Å²) in [5, 5.41) is 6.41. The third-order valence-corrected chi connectivity index (χ3v) is 4.31. The first-order valence-corrected chi connectivity index (χ1v) is 8.94. The first kappa shape index (κ1) is 21.2. The van der Waals surface area contributed by atoms with Crippen LogP contribution < -0.4 is 25.0 Å². The van der Waals surface area contributed by atoms with Gasteiger partial charge in [0.2, 0.25) is 5.75 Å². The van der Waals surface area contributed by atoms with Gasteiger partial charge < -0.3 is 19.5 Å². The number of methoxy groups -OCH3 is 3. The Hall–Kier alpha value is -3.07. The number of ether oxygens (including phenoxy) is 3. The second kappa shape index (κ2) is 10.3. The number of amides is 2. The Morgan fingerprint density at radius 3 is 2.29 bits per heavy atom. The molecule has 8 nitrogen and oxygen atoms in total. The number of hydrazone groups is 1. The van der Waals surface area contributed by atoms with Gasteiger partial charge >= 0.3 is 0 Å². The fourth-order valence-corrected chi connectivity index (χ4v) is 2.76. The fourth-order valence-electron chi connectivity index (χ4n) is 2.30. The number of hydrogen-bond acceptors (Lipinski definition) is 6. The van der Waals surface area contributed by atoms with Crippen LogP contribution in [0.25, 0.3) is 0 Å². The summed E-state index contributed by atoms with van der Waals surface area (Å²) in [5.74, 6) is 0.562. The van der Waals surface area contributed by atoms with Crippen LogP contribution in [0.2, 0.25) is 0 Å². The van der Waals surface area contributed by atoms with Crippen LogP contribution in [-0.4, -0.2) is 45.9 Å². The first-order valence-electron chi connectivity index (χ1n) is 8.14. The van der Waals surface area contributed by atoms with Crippen molar-refractivity contribution < 1.29 is 23.8 Å². The summed E-state index contributed by atoms with van der Waals surface area (Å²) in [7, 11) is 4.53. The van der Waals surface area contributed by atoms with Crippen LogP contribution in [0.15, 0.2) is 46.0 Å². The monoisotopic (exact) mass is 449 g/mol. The number of rotatable bonds is 8. The van der Waals surface area contributed by atoms with Crippen LogP contribution in [0.5, 0.6) is 17.2 Å². The Labute approximate surface area is 171 Å². The van der Waals surface area contributed by atoms with Gasteiger partial charge in [0.15, 0.2) is 11.5 Å². The summed E-state index contributed by atoms with van der Waals surface area (Å²) in [5.41, 5.74) is 3.42. The lowest BCUT2D eigenvalue weighted by molar-refractivity contribution is -0.120. The topological polar surface area (TPSA) is 98.2 Å². The second-order valence-electron chi connectivity index (χ2n) is 5.41. The van der Waals surface area contributed by atoms with Crippen LogP contribution >= 0.6 is 15.9 Å². The quantitative estimate of drug-likeness (QED) is 0.476. The Morgan fingerprint density at radius 1 is 1.07 bits per heavy atom. The highest BCUT2D eigenvalue weighted by atomic mass is 79.9. The molecule has 0 aliphatic carbocycles. The third kappa shape index (κ3) is 5.46. The Morgan fingerprint density at radius 2 is 1.71 bits per heavy atom. The summed E-state index contributed by atoms with van der Waals surface area (Å²) in [6.07, 6.45) is 1.43. The number of nitrogens with one attached hydrogen (secondary N) is 2. The lowest BCUT2D eigenvalue weighted by Crippen LogP contribution is -2.35. The highest BCUT2D eigenvalue weighted by Gasteiger charge is 2.13. The maximum absolute atomic E-state index is 12.1. The molecule has 9 heteroatoms. The van der Waals surface area contributed by atoms with Gasteiger partial charge in [0.05, 0.1) is 39.7 Å². The van der Waals surface area contributed by atoms with Crippen molar-refractivity contribution in [2.24, 2.45) is 5.10 Å². The van der Waals surface area contributed by atoms with Crippen molar-refractivity contribution in [3.8, 4) is 17.2 Å². The lowest BCUT2D eigenvalue weighted by Gasteiger charge is -2.12. The van der Waals surface area contributed by atoms with E-state index in [1.165, 1.54) is 27.5 Å². The van der Waals surface area contributed by atoms with E-state index < -0.39 is 5.91 Å². The molecule has 0 saturated heterocycles. The lowest BCUT2D eigenvalue weighted by atomic mass is 10.2. The predicted molar refractivity (Wildman–Crippen MR) is 108 cm³/mol. The smallest absolute Gasteiger partial charge is 0.259 e. The minimum atomic E-state index is -0.468. The van der Waals surface area contributed by atoms with Gasteiger partial charge in [0.1, 0.15) is 0 Å². The molecule has 2 aromatic rings. The third-order valence-electron chi connectivity index (χ3n) is 3.62. The molecule has 2 rings (SSSR count). The van der Waals surface area contributed by atoms with Gasteiger partial charge in [0, 0.05) is 10.0 Å². The average molecular weight is 450 g/mol. The zero-order chi connectivity index (χ0) is 20.5. The molecule has 0 atom stereocenters. The van der Waals surface area contributed by atoms with Gasteiger partial charge in [-0.15, -0.1) is 0 Å². The normalized spacial score (nSPS) is 10.4. The molecule has 0 bridgehead atoms. The fraction of sp³-hybridized carbons (Fsp3) is 0.211. The average Bonchev–Trinajstić information content (AvgIpc) is 2.71. The molecule has 0 aliphatic rings. The molecular weight excluding hydrogens is 430 g/mol. The van der Waals surface area contributed by atoms with Crippen LogP contribution in [0.3, 0.4) is 0 Å². The molecule has 28 heavy (non-hydrogen) atoms. The van der Waals surface area contributed by atoms with Gasteiger partial charge in [-0.2, -0.15) is 5.10 Å². The van der Waals surface area contributed by atoms with Gasteiger partial charge in [-0.1, -0.05) is 12.1 Å². The van der Waals surface area contributed by atoms with E-state index in [2.05, 4.69) is 31.8 Å².